The number of nitrogens with one attached hydrogen (secondary N) is 2. The Kier molecular flexibility index (Phi) is 8.54. The maximum atomic E-state index is 10.4. The van der Waals surface area contributed by atoms with E-state index in [9.17, 15) is 9.59 Å². The molecule has 0 aromatic carbocycles. The Hall–Kier alpha value is -0.630. The minimum absolute atomic E-state index is 0. The number of nitrogens with two attached hydrogens (primary N) is 1. The van der Waals surface area contributed by atoms with Crippen molar-refractivity contribution in [3.63, 3.8) is 0 Å². The minimum Gasteiger partial charge on any atom is -1.00 e. The fraction of sp³-hybridized carbons (Fsp3) is 0.571. The van der Waals surface area contributed by atoms with E-state index >= 15 is 0 Å². The molecule has 1 heterocycles. The number of hydrogen-bond donors (Lipinski definition) is 4. The summed E-state index contributed by atoms with van der Waals surface area (Å²) in [5.41, 5.74) is 4.84. The summed E-state index contributed by atoms with van der Waals surface area (Å²) in [4.78, 5) is 21.5. The van der Waals surface area contributed by atoms with Gasteiger partial charge in [0, 0.05) is 7.05 Å². The molecule has 1 atom stereocenters. The van der Waals surface area contributed by atoms with Crippen LogP contribution in [0.1, 0.15) is 8.35 Å². The van der Waals surface area contributed by atoms with Gasteiger partial charge in [-0.3, -0.25) is 20.3 Å². The average Bonchev–Trinajstić information content (AvgIpc) is 2.30. The van der Waals surface area contributed by atoms with E-state index in [1.54, 1.807) is 11.9 Å². The molecular formula is C7H15N4NaO3. The molecule has 1 saturated heterocycles. The zero-order chi connectivity index (χ0) is 11.3. The number of carboxylic acid groups (broad SMARTS) is 1. The summed E-state index contributed by atoms with van der Waals surface area (Å²) in [5.74, 6) is -0.873. The Morgan fingerprint density at radius 2 is 2.20 bits per heavy atom. The molecule has 0 bridgehead atoms. The number of guanidine groups is 1. The summed E-state index contributed by atoms with van der Waals surface area (Å²) >= 11 is 0. The van der Waals surface area contributed by atoms with Crippen LogP contribution in [0.3, 0.4) is 0 Å². The van der Waals surface area contributed by atoms with Crippen molar-refractivity contribution in [3.8, 4) is 0 Å². The van der Waals surface area contributed by atoms with Gasteiger partial charge in [0.25, 0.3) is 0 Å². The Labute approximate surface area is 111 Å². The molecule has 1 amide bonds. The van der Waals surface area contributed by atoms with Crippen molar-refractivity contribution in [3.05, 3.63) is 0 Å². The monoisotopic (exact) mass is 226 g/mol. The molecule has 1 aliphatic heterocycles. The van der Waals surface area contributed by atoms with Crippen LogP contribution in [0.5, 0.6) is 0 Å². The first-order valence-corrected chi connectivity index (χ1v) is 3.92. The zero-order valence-corrected chi connectivity index (χ0v) is 11.1. The van der Waals surface area contributed by atoms with E-state index in [1.165, 1.54) is 6.92 Å². The molecule has 5 N–H and O–H groups in total. The van der Waals surface area contributed by atoms with Gasteiger partial charge in [-0.1, -0.05) is 0 Å². The molecule has 0 aromatic rings. The van der Waals surface area contributed by atoms with Crippen molar-refractivity contribution >= 4 is 17.8 Å². The normalized spacial score (nSPS) is 15.8. The standard InChI is InChI=1S/C4H7N3O.C3H7NO2.Na.H/c1-7-2-3(8)6-4(7)5;1-2(4)3(5)6;;/h2H2,1H3,(H2,5,6,8);2H,4H2,1H3,(H,5,6);;/q;;+1;-1. The van der Waals surface area contributed by atoms with Crippen LogP contribution in [0, 0.1) is 5.41 Å². The van der Waals surface area contributed by atoms with Gasteiger partial charge in [-0.15, -0.1) is 0 Å². The smallest absolute Gasteiger partial charge is 1.00 e. The fourth-order valence-electron chi connectivity index (χ4n) is 0.561. The molecule has 82 valence electrons. The number of aliphatic carboxylic acids is 1. The second-order valence-electron chi connectivity index (χ2n) is 2.88. The van der Waals surface area contributed by atoms with Crippen molar-refractivity contribution in [1.29, 1.82) is 5.41 Å². The number of carboxylic acids is 1. The summed E-state index contributed by atoms with van der Waals surface area (Å²) < 4.78 is 0. The Bertz CT molecular complexity index is 262. The van der Waals surface area contributed by atoms with Gasteiger partial charge in [-0.25, -0.2) is 0 Å². The topological polar surface area (TPSA) is 120 Å². The van der Waals surface area contributed by atoms with Crippen molar-refractivity contribution in [1.82, 2.24) is 10.2 Å². The average molecular weight is 226 g/mol. The molecule has 0 aromatic heterocycles. The summed E-state index contributed by atoms with van der Waals surface area (Å²) in [6, 6.07) is -0.731. The second kappa shape index (κ2) is 7.63. The van der Waals surface area contributed by atoms with Gasteiger partial charge in [0.05, 0.1) is 6.54 Å². The Morgan fingerprint density at radius 3 is 2.27 bits per heavy atom. The second-order valence-corrected chi connectivity index (χ2v) is 2.88. The molecule has 1 fully saturated rings. The van der Waals surface area contributed by atoms with E-state index in [0.717, 1.165) is 0 Å². The van der Waals surface area contributed by atoms with E-state index in [1.807, 2.05) is 0 Å². The van der Waals surface area contributed by atoms with Crippen LogP contribution in [0.25, 0.3) is 0 Å². The largest absolute Gasteiger partial charge is 1.00 e. The van der Waals surface area contributed by atoms with E-state index < -0.39 is 12.0 Å². The molecule has 0 aliphatic carbocycles. The number of carbonyl (C=O) groups excluding carboxylic acids is 1. The molecule has 0 saturated carbocycles. The Balaban J connectivity index is -0.000000195. The summed E-state index contributed by atoms with van der Waals surface area (Å²) in [5, 5.41) is 17.2. The van der Waals surface area contributed by atoms with Gasteiger partial charge in [0.15, 0.2) is 5.96 Å². The molecule has 0 spiro atoms. The van der Waals surface area contributed by atoms with Gasteiger partial charge in [0.2, 0.25) is 5.91 Å². The van der Waals surface area contributed by atoms with Crippen LogP contribution in [0.2, 0.25) is 0 Å². The fourth-order valence-corrected chi connectivity index (χ4v) is 0.561. The number of hydrogen-bond acceptors (Lipinski definition) is 4. The van der Waals surface area contributed by atoms with Gasteiger partial charge in [-0.2, -0.15) is 0 Å². The van der Waals surface area contributed by atoms with Crippen molar-refractivity contribution in [2.75, 3.05) is 13.6 Å². The van der Waals surface area contributed by atoms with Crippen molar-refractivity contribution in [2.24, 2.45) is 5.73 Å². The van der Waals surface area contributed by atoms with Gasteiger partial charge in [0.1, 0.15) is 6.04 Å². The maximum Gasteiger partial charge on any atom is 1.00 e. The quantitative estimate of drug-likeness (QED) is 0.336. The van der Waals surface area contributed by atoms with Crippen LogP contribution >= 0.6 is 0 Å². The van der Waals surface area contributed by atoms with Crippen LogP contribution in [0.15, 0.2) is 0 Å². The third kappa shape index (κ3) is 7.32. The van der Waals surface area contributed by atoms with Gasteiger partial charge >= 0.3 is 35.5 Å². The molecule has 8 heteroatoms. The minimum atomic E-state index is -0.963. The number of amides is 1. The number of carbonyl (C=O) groups is 2. The number of nitrogens with zero attached hydrogens (tertiary/aromatic N) is 1. The molecule has 1 rings (SSSR count). The van der Waals surface area contributed by atoms with Crippen molar-refractivity contribution in [2.45, 2.75) is 13.0 Å². The Morgan fingerprint density at radius 1 is 1.80 bits per heavy atom. The summed E-state index contributed by atoms with van der Waals surface area (Å²) in [6.07, 6.45) is 0. The molecular weight excluding hydrogens is 211 g/mol. The third-order valence-electron chi connectivity index (χ3n) is 1.41. The van der Waals surface area contributed by atoms with E-state index in [-0.39, 0.29) is 42.9 Å². The van der Waals surface area contributed by atoms with Gasteiger partial charge < -0.3 is 17.2 Å². The molecule has 1 unspecified atom stereocenters. The third-order valence-corrected chi connectivity index (χ3v) is 1.41. The van der Waals surface area contributed by atoms with E-state index in [4.69, 9.17) is 16.2 Å². The van der Waals surface area contributed by atoms with Crippen LogP contribution in [0.4, 0.5) is 0 Å². The summed E-state index contributed by atoms with van der Waals surface area (Å²) in [7, 11) is 1.69. The molecule has 15 heavy (non-hydrogen) atoms. The number of likely N-dealkylation sites (N-methyl/N-ethyl adjacent to an activating group) is 1. The van der Waals surface area contributed by atoms with E-state index in [2.05, 4.69) is 5.32 Å². The molecule has 7 nitrogen and oxygen atoms in total. The SMILES string of the molecule is CC(N)C(=O)O.CN1CC(=O)NC1=N.[H-].[Na+]. The summed E-state index contributed by atoms with van der Waals surface area (Å²) in [6.45, 7) is 1.74. The van der Waals surface area contributed by atoms with E-state index in [0.29, 0.717) is 6.54 Å². The van der Waals surface area contributed by atoms with Crippen molar-refractivity contribution < 1.29 is 45.7 Å². The number of rotatable bonds is 1. The maximum absolute atomic E-state index is 10.4. The first-order chi connectivity index (χ1) is 6.34. The first-order valence-electron chi connectivity index (χ1n) is 3.92. The molecule has 1 aliphatic rings. The predicted molar refractivity (Wildman–Crippen MR) is 50.9 cm³/mol. The zero-order valence-electron chi connectivity index (χ0n) is 10.1. The predicted octanol–water partition coefficient (Wildman–Crippen LogP) is -4.48. The van der Waals surface area contributed by atoms with Crippen LogP contribution in [-0.4, -0.2) is 47.5 Å². The van der Waals surface area contributed by atoms with Crippen LogP contribution in [-0.2, 0) is 9.59 Å². The van der Waals surface area contributed by atoms with Crippen LogP contribution < -0.4 is 40.6 Å². The van der Waals surface area contributed by atoms with Gasteiger partial charge in [-0.05, 0) is 6.92 Å². The molecule has 0 radical (unpaired) electrons. The first kappa shape index (κ1) is 16.8.